The molecule has 6 nitrogen and oxygen atoms in total. The second-order valence-corrected chi connectivity index (χ2v) is 4.63. The Kier molecular flexibility index (Phi) is 3.65. The molecule has 0 aliphatic rings. The van der Waals surface area contributed by atoms with E-state index in [1.54, 1.807) is 30.8 Å². The lowest BCUT2D eigenvalue weighted by molar-refractivity contribution is 0.102. The zero-order valence-corrected chi connectivity index (χ0v) is 12.0. The highest BCUT2D eigenvalue weighted by Gasteiger charge is 2.17. The Morgan fingerprint density at radius 1 is 1.40 bits per heavy atom. The molecule has 0 unspecified atom stereocenters. The minimum atomic E-state index is -0.278. The van der Waals surface area contributed by atoms with Crippen molar-refractivity contribution in [2.45, 2.75) is 13.8 Å². The van der Waals surface area contributed by atoms with Crippen LogP contribution in [-0.2, 0) is 7.05 Å². The standard InChI is InChI=1S/C14H18N4O2/c1-8-5-6-11(20-4)10(7-8)14(19)16-13-12(15)9(2)17-18(13)3/h5-7H,15H2,1-4H3,(H,16,19). The van der Waals surface area contributed by atoms with Gasteiger partial charge in [-0.15, -0.1) is 0 Å². The molecule has 0 spiro atoms. The molecule has 1 heterocycles. The van der Waals surface area contributed by atoms with Crippen molar-refractivity contribution in [1.29, 1.82) is 0 Å². The fourth-order valence-electron chi connectivity index (χ4n) is 2.00. The van der Waals surface area contributed by atoms with Crippen LogP contribution in [0.4, 0.5) is 11.5 Å². The summed E-state index contributed by atoms with van der Waals surface area (Å²) in [6.07, 6.45) is 0. The predicted octanol–water partition coefficient (Wildman–Crippen LogP) is 1.88. The van der Waals surface area contributed by atoms with E-state index in [2.05, 4.69) is 10.4 Å². The SMILES string of the molecule is COc1ccc(C)cc1C(=O)Nc1c(N)c(C)nn1C. The number of aryl methyl sites for hydroxylation is 3. The van der Waals surface area contributed by atoms with Crippen LogP contribution in [0.15, 0.2) is 18.2 Å². The zero-order valence-electron chi connectivity index (χ0n) is 12.0. The van der Waals surface area contributed by atoms with Crippen LogP contribution in [0.5, 0.6) is 5.75 Å². The van der Waals surface area contributed by atoms with E-state index in [0.717, 1.165) is 5.56 Å². The van der Waals surface area contributed by atoms with Gasteiger partial charge in [-0.25, -0.2) is 0 Å². The lowest BCUT2D eigenvalue weighted by Crippen LogP contribution is -2.16. The van der Waals surface area contributed by atoms with E-state index in [9.17, 15) is 4.79 Å². The highest BCUT2D eigenvalue weighted by Crippen LogP contribution is 2.24. The number of carbonyl (C=O) groups excluding carboxylic acids is 1. The molecule has 2 rings (SSSR count). The van der Waals surface area contributed by atoms with Crippen LogP contribution in [0.1, 0.15) is 21.6 Å². The van der Waals surface area contributed by atoms with Gasteiger partial charge >= 0.3 is 0 Å². The second-order valence-electron chi connectivity index (χ2n) is 4.63. The minimum absolute atomic E-state index is 0.278. The molecule has 106 valence electrons. The van der Waals surface area contributed by atoms with Crippen molar-refractivity contribution in [3.63, 3.8) is 0 Å². The summed E-state index contributed by atoms with van der Waals surface area (Å²) >= 11 is 0. The van der Waals surface area contributed by atoms with Crippen LogP contribution < -0.4 is 15.8 Å². The number of nitrogen functional groups attached to an aromatic ring is 1. The molecule has 0 radical (unpaired) electrons. The first kappa shape index (κ1) is 13.9. The molecule has 1 amide bonds. The Bertz CT molecular complexity index is 661. The average molecular weight is 274 g/mol. The van der Waals surface area contributed by atoms with Crippen molar-refractivity contribution < 1.29 is 9.53 Å². The fourth-order valence-corrected chi connectivity index (χ4v) is 2.00. The number of aromatic nitrogens is 2. The van der Waals surface area contributed by atoms with Gasteiger partial charge in [0.25, 0.3) is 5.91 Å². The smallest absolute Gasteiger partial charge is 0.260 e. The van der Waals surface area contributed by atoms with Gasteiger partial charge in [0.15, 0.2) is 5.82 Å². The maximum atomic E-state index is 12.4. The number of nitrogens with one attached hydrogen (secondary N) is 1. The highest BCUT2D eigenvalue weighted by molar-refractivity contribution is 6.07. The number of rotatable bonds is 3. The van der Waals surface area contributed by atoms with Crippen molar-refractivity contribution in [3.8, 4) is 5.75 Å². The summed E-state index contributed by atoms with van der Waals surface area (Å²) in [6, 6.07) is 5.42. The Hall–Kier alpha value is -2.50. The van der Waals surface area contributed by atoms with Gasteiger partial charge in [-0.05, 0) is 26.0 Å². The first-order chi connectivity index (χ1) is 9.43. The van der Waals surface area contributed by atoms with Gasteiger partial charge in [0.05, 0.1) is 24.1 Å². The number of hydrogen-bond donors (Lipinski definition) is 2. The predicted molar refractivity (Wildman–Crippen MR) is 78.0 cm³/mol. The molecule has 6 heteroatoms. The summed E-state index contributed by atoms with van der Waals surface area (Å²) in [4.78, 5) is 12.4. The molecule has 3 N–H and O–H groups in total. The highest BCUT2D eigenvalue weighted by atomic mass is 16.5. The Labute approximate surface area is 117 Å². The third-order valence-corrected chi connectivity index (χ3v) is 3.10. The topological polar surface area (TPSA) is 82.2 Å². The monoisotopic (exact) mass is 274 g/mol. The molecule has 2 aromatic rings. The van der Waals surface area contributed by atoms with E-state index in [1.165, 1.54) is 7.11 Å². The van der Waals surface area contributed by atoms with Crippen LogP contribution in [0.3, 0.4) is 0 Å². The van der Waals surface area contributed by atoms with Gasteiger partial charge in [-0.3, -0.25) is 9.48 Å². The first-order valence-electron chi connectivity index (χ1n) is 6.19. The van der Waals surface area contributed by atoms with Crippen molar-refractivity contribution in [2.24, 2.45) is 7.05 Å². The first-order valence-corrected chi connectivity index (χ1v) is 6.19. The Balaban J connectivity index is 2.35. The van der Waals surface area contributed by atoms with E-state index in [4.69, 9.17) is 10.5 Å². The van der Waals surface area contributed by atoms with Crippen molar-refractivity contribution in [1.82, 2.24) is 9.78 Å². The lowest BCUT2D eigenvalue weighted by Gasteiger charge is -2.10. The third-order valence-electron chi connectivity index (χ3n) is 3.10. The summed E-state index contributed by atoms with van der Waals surface area (Å²) in [5.74, 6) is 0.724. The third kappa shape index (κ3) is 2.45. The van der Waals surface area contributed by atoms with E-state index < -0.39 is 0 Å². The quantitative estimate of drug-likeness (QED) is 0.895. The van der Waals surface area contributed by atoms with E-state index in [-0.39, 0.29) is 5.91 Å². The maximum Gasteiger partial charge on any atom is 0.260 e. The number of hydrogen-bond acceptors (Lipinski definition) is 4. The lowest BCUT2D eigenvalue weighted by atomic mass is 10.1. The van der Waals surface area contributed by atoms with Gasteiger partial charge in [0.2, 0.25) is 0 Å². The largest absolute Gasteiger partial charge is 0.496 e. The number of ether oxygens (including phenoxy) is 1. The summed E-state index contributed by atoms with van der Waals surface area (Å²) in [5, 5.41) is 6.94. The number of nitrogens with two attached hydrogens (primary N) is 1. The van der Waals surface area contributed by atoms with E-state index >= 15 is 0 Å². The van der Waals surface area contributed by atoms with Crippen LogP contribution in [-0.4, -0.2) is 22.8 Å². The minimum Gasteiger partial charge on any atom is -0.496 e. The molecule has 0 bridgehead atoms. The van der Waals surface area contributed by atoms with Crippen molar-refractivity contribution >= 4 is 17.4 Å². The summed E-state index contributed by atoms with van der Waals surface area (Å²) in [7, 11) is 3.26. The normalized spacial score (nSPS) is 10.4. The summed E-state index contributed by atoms with van der Waals surface area (Å²) in [5.41, 5.74) is 8.49. The molecule has 0 atom stereocenters. The molecule has 0 aliphatic carbocycles. The molecule has 0 aliphatic heterocycles. The molecule has 0 saturated carbocycles. The number of benzene rings is 1. The molecule has 20 heavy (non-hydrogen) atoms. The van der Waals surface area contributed by atoms with Gasteiger partial charge in [-0.2, -0.15) is 5.10 Å². The van der Waals surface area contributed by atoms with Gasteiger partial charge in [-0.1, -0.05) is 11.6 Å². The molecule has 1 aromatic carbocycles. The Morgan fingerprint density at radius 3 is 2.65 bits per heavy atom. The van der Waals surface area contributed by atoms with Crippen molar-refractivity contribution in [2.75, 3.05) is 18.2 Å². The molecule has 0 fully saturated rings. The number of anilines is 2. The van der Waals surface area contributed by atoms with E-state index in [0.29, 0.717) is 28.5 Å². The number of methoxy groups -OCH3 is 1. The van der Waals surface area contributed by atoms with Crippen LogP contribution in [0, 0.1) is 13.8 Å². The van der Waals surface area contributed by atoms with Crippen molar-refractivity contribution in [3.05, 3.63) is 35.0 Å². The van der Waals surface area contributed by atoms with Gasteiger partial charge in [0, 0.05) is 7.05 Å². The molecule has 1 aromatic heterocycles. The molecular formula is C14H18N4O2. The van der Waals surface area contributed by atoms with Crippen LogP contribution in [0.25, 0.3) is 0 Å². The van der Waals surface area contributed by atoms with E-state index in [1.807, 2.05) is 13.0 Å². The summed E-state index contributed by atoms with van der Waals surface area (Å²) < 4.78 is 6.76. The zero-order chi connectivity index (χ0) is 14.9. The number of nitrogens with zero attached hydrogens (tertiary/aromatic N) is 2. The Morgan fingerprint density at radius 2 is 2.10 bits per heavy atom. The fraction of sp³-hybridized carbons (Fsp3) is 0.286. The second kappa shape index (κ2) is 5.24. The average Bonchev–Trinajstić information content (AvgIpc) is 2.65. The van der Waals surface area contributed by atoms with Crippen LogP contribution in [0.2, 0.25) is 0 Å². The molecule has 0 saturated heterocycles. The van der Waals surface area contributed by atoms with Gasteiger partial charge in [0.1, 0.15) is 5.75 Å². The number of carbonyl (C=O) groups is 1. The maximum absolute atomic E-state index is 12.4. The van der Waals surface area contributed by atoms with Gasteiger partial charge < -0.3 is 15.8 Å². The summed E-state index contributed by atoms with van der Waals surface area (Å²) in [6.45, 7) is 3.71. The van der Waals surface area contributed by atoms with Crippen LogP contribution >= 0.6 is 0 Å². The molecular weight excluding hydrogens is 256 g/mol. The number of amides is 1.